The molecule has 0 radical (unpaired) electrons. The molecule has 106 valence electrons. The Bertz CT molecular complexity index is 438. The minimum atomic E-state index is -0.496. The quantitative estimate of drug-likeness (QED) is 0.259. The van der Waals surface area contributed by atoms with Gasteiger partial charge in [-0.2, -0.15) is 0 Å². The molecule has 0 spiro atoms. The fraction of sp³-hybridized carbons (Fsp3) is 0.462. The van der Waals surface area contributed by atoms with Gasteiger partial charge in [0.15, 0.2) is 5.84 Å². The van der Waals surface area contributed by atoms with Gasteiger partial charge in [-0.3, -0.25) is 0 Å². The zero-order chi connectivity index (χ0) is 14.3. The van der Waals surface area contributed by atoms with E-state index < -0.39 is 5.82 Å². The third-order valence-corrected chi connectivity index (χ3v) is 3.01. The summed E-state index contributed by atoms with van der Waals surface area (Å²) >= 11 is 0. The Morgan fingerprint density at radius 1 is 1.53 bits per heavy atom. The van der Waals surface area contributed by atoms with Gasteiger partial charge in [0, 0.05) is 24.8 Å². The number of rotatable bonds is 7. The number of nitrogens with zero attached hydrogens (tertiary/aromatic N) is 1. The van der Waals surface area contributed by atoms with E-state index in [0.29, 0.717) is 18.5 Å². The van der Waals surface area contributed by atoms with E-state index in [1.165, 1.54) is 6.07 Å². The predicted molar refractivity (Wildman–Crippen MR) is 71.5 cm³/mol. The maximum Gasteiger partial charge on any atom is 0.173 e. The largest absolute Gasteiger partial charge is 0.409 e. The van der Waals surface area contributed by atoms with Crippen LogP contribution in [-0.2, 0) is 6.54 Å². The van der Waals surface area contributed by atoms with Gasteiger partial charge in [0.05, 0.1) is 5.56 Å². The number of amidine groups is 1. The van der Waals surface area contributed by atoms with Crippen molar-refractivity contribution >= 4 is 5.84 Å². The number of oxime groups is 1. The summed E-state index contributed by atoms with van der Waals surface area (Å²) in [7, 11) is 0. The number of aliphatic hydroxyl groups excluding tert-OH is 1. The molecule has 0 saturated heterocycles. The van der Waals surface area contributed by atoms with E-state index in [1.807, 2.05) is 6.92 Å². The molecule has 0 bridgehead atoms. The second-order valence-electron chi connectivity index (χ2n) is 4.26. The summed E-state index contributed by atoms with van der Waals surface area (Å²) in [5, 5.41) is 23.4. The van der Waals surface area contributed by atoms with Gasteiger partial charge >= 0.3 is 0 Å². The van der Waals surface area contributed by atoms with Crippen LogP contribution in [0.2, 0.25) is 0 Å². The van der Waals surface area contributed by atoms with E-state index >= 15 is 0 Å². The Hall–Kier alpha value is -1.66. The van der Waals surface area contributed by atoms with Crippen LogP contribution in [0.15, 0.2) is 23.4 Å². The number of benzene rings is 1. The second-order valence-corrected chi connectivity index (χ2v) is 4.26. The first kappa shape index (κ1) is 15.4. The van der Waals surface area contributed by atoms with Gasteiger partial charge in [0.25, 0.3) is 0 Å². The van der Waals surface area contributed by atoms with Crippen LogP contribution >= 0.6 is 0 Å². The summed E-state index contributed by atoms with van der Waals surface area (Å²) in [4.78, 5) is 0. The smallest absolute Gasteiger partial charge is 0.173 e. The van der Waals surface area contributed by atoms with Crippen molar-refractivity contribution in [2.45, 2.75) is 32.4 Å². The van der Waals surface area contributed by atoms with Crippen LogP contribution in [-0.4, -0.2) is 28.8 Å². The Balaban J connectivity index is 2.79. The number of nitrogens with one attached hydrogen (secondary N) is 1. The summed E-state index contributed by atoms with van der Waals surface area (Å²) in [5.41, 5.74) is 5.93. The highest BCUT2D eigenvalue weighted by Crippen LogP contribution is 2.13. The topological polar surface area (TPSA) is 90.9 Å². The molecule has 6 heteroatoms. The lowest BCUT2D eigenvalue weighted by Gasteiger charge is -2.16. The molecular formula is C13H20FN3O2. The van der Waals surface area contributed by atoms with Crippen molar-refractivity contribution in [2.24, 2.45) is 10.9 Å². The van der Waals surface area contributed by atoms with Gasteiger partial charge in [0.2, 0.25) is 0 Å². The first-order valence-corrected chi connectivity index (χ1v) is 6.23. The standard InChI is InChI=1S/C13H20FN3O2/c1-2-10(6-7-18)16-8-9-4-3-5-11(12(9)14)13(15)17-19/h3-5,10,16,18-19H,2,6-8H2,1H3,(H2,15,17). The molecule has 0 heterocycles. The highest BCUT2D eigenvalue weighted by atomic mass is 19.1. The molecular weight excluding hydrogens is 249 g/mol. The average molecular weight is 269 g/mol. The summed E-state index contributed by atoms with van der Waals surface area (Å²) < 4.78 is 14.1. The summed E-state index contributed by atoms with van der Waals surface area (Å²) in [6, 6.07) is 4.89. The monoisotopic (exact) mass is 269 g/mol. The molecule has 1 aromatic carbocycles. The fourth-order valence-corrected chi connectivity index (χ4v) is 1.83. The molecule has 1 rings (SSSR count). The molecule has 1 atom stereocenters. The Morgan fingerprint density at radius 2 is 2.26 bits per heavy atom. The first-order chi connectivity index (χ1) is 9.13. The molecule has 1 unspecified atom stereocenters. The lowest BCUT2D eigenvalue weighted by atomic mass is 10.1. The van der Waals surface area contributed by atoms with E-state index in [2.05, 4.69) is 10.5 Å². The predicted octanol–water partition coefficient (Wildman–Crippen LogP) is 1.17. The third kappa shape index (κ3) is 4.18. The lowest BCUT2D eigenvalue weighted by molar-refractivity contribution is 0.261. The molecule has 19 heavy (non-hydrogen) atoms. The molecule has 1 aromatic rings. The molecule has 5 nitrogen and oxygen atoms in total. The van der Waals surface area contributed by atoms with Crippen molar-refractivity contribution in [3.8, 4) is 0 Å². The van der Waals surface area contributed by atoms with Gasteiger partial charge in [-0.05, 0) is 18.9 Å². The van der Waals surface area contributed by atoms with Gasteiger partial charge in [0.1, 0.15) is 5.82 Å². The van der Waals surface area contributed by atoms with Crippen molar-refractivity contribution in [1.82, 2.24) is 5.32 Å². The number of hydrogen-bond acceptors (Lipinski definition) is 4. The van der Waals surface area contributed by atoms with E-state index in [1.54, 1.807) is 12.1 Å². The van der Waals surface area contributed by atoms with Crippen LogP contribution < -0.4 is 11.1 Å². The van der Waals surface area contributed by atoms with Crippen molar-refractivity contribution < 1.29 is 14.7 Å². The zero-order valence-corrected chi connectivity index (χ0v) is 10.9. The maximum absolute atomic E-state index is 14.1. The van der Waals surface area contributed by atoms with Gasteiger partial charge < -0.3 is 21.4 Å². The molecule has 5 N–H and O–H groups in total. The van der Waals surface area contributed by atoms with Crippen LogP contribution in [0.4, 0.5) is 4.39 Å². The minimum Gasteiger partial charge on any atom is -0.409 e. The van der Waals surface area contributed by atoms with Crippen molar-refractivity contribution in [3.63, 3.8) is 0 Å². The zero-order valence-electron chi connectivity index (χ0n) is 10.9. The first-order valence-electron chi connectivity index (χ1n) is 6.23. The number of hydrogen-bond donors (Lipinski definition) is 4. The van der Waals surface area contributed by atoms with E-state index in [9.17, 15) is 4.39 Å². The number of halogens is 1. The highest BCUT2D eigenvalue weighted by molar-refractivity contribution is 5.97. The van der Waals surface area contributed by atoms with Crippen LogP contribution in [0.3, 0.4) is 0 Å². The third-order valence-electron chi connectivity index (χ3n) is 3.01. The average Bonchev–Trinajstić information content (AvgIpc) is 2.43. The molecule has 0 fully saturated rings. The van der Waals surface area contributed by atoms with Crippen LogP contribution in [0, 0.1) is 5.82 Å². The molecule has 0 aliphatic heterocycles. The fourth-order valence-electron chi connectivity index (χ4n) is 1.83. The Morgan fingerprint density at radius 3 is 2.84 bits per heavy atom. The van der Waals surface area contributed by atoms with Crippen LogP contribution in [0.25, 0.3) is 0 Å². The molecule has 0 aromatic heterocycles. The maximum atomic E-state index is 14.1. The van der Waals surface area contributed by atoms with E-state index in [-0.39, 0.29) is 24.0 Å². The van der Waals surface area contributed by atoms with E-state index in [0.717, 1.165) is 6.42 Å². The van der Waals surface area contributed by atoms with Crippen LogP contribution in [0.1, 0.15) is 30.9 Å². The lowest BCUT2D eigenvalue weighted by Crippen LogP contribution is -2.29. The summed E-state index contributed by atoms with van der Waals surface area (Å²) in [6.45, 7) is 2.42. The summed E-state index contributed by atoms with van der Waals surface area (Å²) in [5.74, 6) is -0.745. The van der Waals surface area contributed by atoms with Crippen LogP contribution in [0.5, 0.6) is 0 Å². The van der Waals surface area contributed by atoms with Gasteiger partial charge in [-0.25, -0.2) is 4.39 Å². The second kappa shape index (κ2) is 7.70. The summed E-state index contributed by atoms with van der Waals surface area (Å²) in [6.07, 6.45) is 1.47. The normalized spacial score (nSPS) is 13.5. The molecule has 0 amide bonds. The van der Waals surface area contributed by atoms with E-state index in [4.69, 9.17) is 16.0 Å². The molecule has 0 saturated carbocycles. The molecule has 0 aliphatic rings. The Labute approximate surface area is 111 Å². The van der Waals surface area contributed by atoms with Crippen molar-refractivity contribution in [3.05, 3.63) is 35.1 Å². The van der Waals surface area contributed by atoms with Gasteiger partial charge in [-0.15, -0.1) is 0 Å². The number of nitrogens with two attached hydrogens (primary N) is 1. The highest BCUT2D eigenvalue weighted by Gasteiger charge is 2.12. The van der Waals surface area contributed by atoms with Crippen molar-refractivity contribution in [2.75, 3.05) is 6.61 Å². The Kier molecular flexibility index (Phi) is 6.24. The minimum absolute atomic E-state index is 0.0806. The van der Waals surface area contributed by atoms with Gasteiger partial charge in [-0.1, -0.05) is 24.2 Å². The number of aliphatic hydroxyl groups is 1. The van der Waals surface area contributed by atoms with Crippen molar-refractivity contribution in [1.29, 1.82) is 0 Å². The SMILES string of the molecule is CCC(CCO)NCc1cccc(/C(N)=N/O)c1F. The molecule has 0 aliphatic carbocycles.